The lowest BCUT2D eigenvalue weighted by Crippen LogP contribution is -2.52. The van der Waals surface area contributed by atoms with Gasteiger partial charge in [-0.1, -0.05) is 12.1 Å². The highest BCUT2D eigenvalue weighted by molar-refractivity contribution is 6.08. The molecule has 0 saturated carbocycles. The molecule has 0 aromatic heterocycles. The van der Waals surface area contributed by atoms with Crippen molar-refractivity contribution in [1.29, 1.82) is 0 Å². The van der Waals surface area contributed by atoms with Crippen LogP contribution in [0.5, 0.6) is 5.75 Å². The van der Waals surface area contributed by atoms with Crippen LogP contribution in [0.4, 0.5) is 5.69 Å². The summed E-state index contributed by atoms with van der Waals surface area (Å²) in [5.74, 6) is -0.494. The number of nitrogens with one attached hydrogen (secondary N) is 2. The Kier molecular flexibility index (Phi) is 5.49. The average molecular weight is 457 g/mol. The molecule has 1 unspecified atom stereocenters. The van der Waals surface area contributed by atoms with Gasteiger partial charge in [0.1, 0.15) is 11.8 Å². The second-order valence-corrected chi connectivity index (χ2v) is 8.38. The molecule has 8 nitrogen and oxygen atoms in total. The predicted octanol–water partition coefficient (Wildman–Crippen LogP) is 3.25. The molecule has 1 saturated heterocycles. The fraction of sp³-hybridized carbons (Fsp3) is 0.231. The number of ether oxygens (including phenoxy) is 1. The van der Waals surface area contributed by atoms with Crippen LogP contribution in [-0.4, -0.2) is 41.2 Å². The summed E-state index contributed by atoms with van der Waals surface area (Å²) in [4.78, 5) is 50.8. The first-order chi connectivity index (χ1) is 16.4. The molecule has 3 aromatic carbocycles. The predicted molar refractivity (Wildman–Crippen MR) is 126 cm³/mol. The smallest absolute Gasteiger partial charge is 0.255 e. The number of anilines is 1. The van der Waals surface area contributed by atoms with E-state index in [1.165, 1.54) is 4.90 Å². The van der Waals surface area contributed by atoms with Gasteiger partial charge in [0, 0.05) is 29.8 Å². The number of fused-ring (bicyclic) bond motifs is 2. The summed E-state index contributed by atoms with van der Waals surface area (Å²) in [5.41, 5.74) is 2.31. The third-order valence-corrected chi connectivity index (χ3v) is 6.17. The molecule has 3 aromatic rings. The van der Waals surface area contributed by atoms with Gasteiger partial charge >= 0.3 is 0 Å². The molecule has 1 fully saturated rings. The minimum Gasteiger partial charge on any atom is -0.494 e. The monoisotopic (exact) mass is 457 g/mol. The van der Waals surface area contributed by atoms with Gasteiger partial charge in [0.15, 0.2) is 0 Å². The van der Waals surface area contributed by atoms with Crippen molar-refractivity contribution in [3.63, 3.8) is 0 Å². The van der Waals surface area contributed by atoms with E-state index in [4.69, 9.17) is 4.74 Å². The zero-order valence-corrected chi connectivity index (χ0v) is 18.6. The van der Waals surface area contributed by atoms with Crippen LogP contribution in [0, 0.1) is 0 Å². The first kappa shape index (κ1) is 21.6. The number of rotatable bonds is 5. The van der Waals surface area contributed by atoms with E-state index in [9.17, 15) is 19.2 Å². The maximum absolute atomic E-state index is 12.9. The lowest BCUT2D eigenvalue weighted by molar-refractivity contribution is -0.136. The lowest BCUT2D eigenvalue weighted by atomic mass is 10.0. The van der Waals surface area contributed by atoms with Crippen LogP contribution in [0.3, 0.4) is 0 Å². The standard InChI is InChI=1S/C26H23N3O5/c1-2-34-20-7-5-15-11-17(4-3-16(15)13-20)24(31)27-19-6-8-21-18(12-19)14-29(26(21)33)22-9-10-23(30)28-25(22)32/h3-8,11-13,22H,2,9-10,14H2,1H3,(H,27,31)(H,28,30,32). The van der Waals surface area contributed by atoms with Crippen LogP contribution in [0.15, 0.2) is 54.6 Å². The summed E-state index contributed by atoms with van der Waals surface area (Å²) in [6.45, 7) is 2.77. The normalized spacial score (nSPS) is 17.5. The highest BCUT2D eigenvalue weighted by Gasteiger charge is 2.39. The van der Waals surface area contributed by atoms with Crippen molar-refractivity contribution in [2.75, 3.05) is 11.9 Å². The maximum atomic E-state index is 12.9. The van der Waals surface area contributed by atoms with Gasteiger partial charge in [-0.25, -0.2) is 0 Å². The van der Waals surface area contributed by atoms with Crippen LogP contribution >= 0.6 is 0 Å². The molecule has 2 heterocycles. The summed E-state index contributed by atoms with van der Waals surface area (Å²) in [6, 6.07) is 15.6. The zero-order chi connectivity index (χ0) is 23.8. The highest BCUT2D eigenvalue weighted by Crippen LogP contribution is 2.30. The topological polar surface area (TPSA) is 105 Å². The van der Waals surface area contributed by atoms with Crippen molar-refractivity contribution < 1.29 is 23.9 Å². The Labute approximate surface area is 195 Å². The quantitative estimate of drug-likeness (QED) is 0.573. The maximum Gasteiger partial charge on any atom is 0.255 e. The minimum atomic E-state index is -0.670. The van der Waals surface area contributed by atoms with Crippen LogP contribution in [0.2, 0.25) is 0 Å². The number of benzene rings is 3. The van der Waals surface area contributed by atoms with E-state index in [2.05, 4.69) is 10.6 Å². The van der Waals surface area contributed by atoms with E-state index < -0.39 is 11.9 Å². The summed E-state index contributed by atoms with van der Waals surface area (Å²) < 4.78 is 5.53. The number of nitrogens with zero attached hydrogens (tertiary/aromatic N) is 1. The Hall–Kier alpha value is -4.20. The van der Waals surface area contributed by atoms with Crippen LogP contribution in [0.25, 0.3) is 10.8 Å². The number of piperidine rings is 1. The number of carbonyl (C=O) groups excluding carboxylic acids is 4. The summed E-state index contributed by atoms with van der Waals surface area (Å²) in [7, 11) is 0. The van der Waals surface area contributed by atoms with E-state index in [1.807, 2.05) is 37.3 Å². The highest BCUT2D eigenvalue weighted by atomic mass is 16.5. The molecule has 8 heteroatoms. The summed E-state index contributed by atoms with van der Waals surface area (Å²) >= 11 is 0. The molecule has 34 heavy (non-hydrogen) atoms. The van der Waals surface area contributed by atoms with Crippen molar-refractivity contribution in [2.45, 2.75) is 32.4 Å². The molecule has 2 N–H and O–H groups in total. The molecule has 4 amide bonds. The molecular weight excluding hydrogens is 434 g/mol. The number of carbonyl (C=O) groups is 4. The summed E-state index contributed by atoms with van der Waals surface area (Å²) in [5, 5.41) is 7.09. The Balaban J connectivity index is 1.31. The van der Waals surface area contributed by atoms with Gasteiger partial charge in [-0.05, 0) is 72.1 Å². The van der Waals surface area contributed by atoms with Crippen molar-refractivity contribution in [3.05, 3.63) is 71.3 Å². The molecule has 0 aliphatic carbocycles. The largest absolute Gasteiger partial charge is 0.494 e. The molecule has 5 rings (SSSR count). The first-order valence-corrected chi connectivity index (χ1v) is 11.2. The van der Waals surface area contributed by atoms with E-state index in [-0.39, 0.29) is 30.7 Å². The SMILES string of the molecule is CCOc1ccc2cc(C(=O)Nc3ccc4c(c3)CN(C3CCC(=O)NC3=O)C4=O)ccc2c1. The molecule has 0 spiro atoms. The van der Waals surface area contributed by atoms with Gasteiger partial charge in [-0.3, -0.25) is 24.5 Å². The number of hydrogen-bond acceptors (Lipinski definition) is 5. The molecule has 172 valence electrons. The Morgan fingerprint density at radius 2 is 1.85 bits per heavy atom. The van der Waals surface area contributed by atoms with Gasteiger partial charge in [-0.15, -0.1) is 0 Å². The fourth-order valence-electron chi connectivity index (χ4n) is 4.48. The van der Waals surface area contributed by atoms with E-state index in [0.717, 1.165) is 22.1 Å². The van der Waals surface area contributed by atoms with Crippen molar-refractivity contribution in [1.82, 2.24) is 10.2 Å². The van der Waals surface area contributed by atoms with Crippen LogP contribution in [-0.2, 0) is 16.1 Å². The number of imide groups is 1. The number of amides is 4. The van der Waals surface area contributed by atoms with Gasteiger partial charge in [0.25, 0.3) is 11.8 Å². The molecule has 2 aliphatic heterocycles. The second-order valence-electron chi connectivity index (χ2n) is 8.38. The molecule has 0 bridgehead atoms. The van der Waals surface area contributed by atoms with Crippen molar-refractivity contribution in [3.8, 4) is 5.75 Å². The molecule has 2 aliphatic rings. The summed E-state index contributed by atoms with van der Waals surface area (Å²) in [6.07, 6.45) is 0.512. The van der Waals surface area contributed by atoms with Crippen molar-refractivity contribution in [2.24, 2.45) is 0 Å². The Bertz CT molecular complexity index is 1350. The van der Waals surface area contributed by atoms with Crippen LogP contribution < -0.4 is 15.4 Å². The van der Waals surface area contributed by atoms with E-state index in [1.54, 1.807) is 24.3 Å². The zero-order valence-electron chi connectivity index (χ0n) is 18.6. The average Bonchev–Trinajstić information content (AvgIpc) is 3.14. The molecular formula is C26H23N3O5. The van der Waals surface area contributed by atoms with E-state index >= 15 is 0 Å². The van der Waals surface area contributed by atoms with Crippen LogP contribution in [0.1, 0.15) is 46.0 Å². The third kappa shape index (κ3) is 3.98. The first-order valence-electron chi connectivity index (χ1n) is 11.2. The second kappa shape index (κ2) is 8.62. The van der Waals surface area contributed by atoms with Gasteiger partial charge in [0.2, 0.25) is 11.8 Å². The minimum absolute atomic E-state index is 0.205. The molecule has 1 atom stereocenters. The lowest BCUT2D eigenvalue weighted by Gasteiger charge is -2.29. The Morgan fingerprint density at radius 1 is 1.06 bits per heavy atom. The van der Waals surface area contributed by atoms with Gasteiger partial charge in [0.05, 0.1) is 6.61 Å². The molecule has 0 radical (unpaired) electrons. The fourth-order valence-corrected chi connectivity index (χ4v) is 4.48. The van der Waals surface area contributed by atoms with E-state index in [0.29, 0.717) is 29.8 Å². The van der Waals surface area contributed by atoms with Crippen molar-refractivity contribution >= 4 is 40.1 Å². The number of hydrogen-bond donors (Lipinski definition) is 2. The van der Waals surface area contributed by atoms with Gasteiger partial charge in [-0.2, -0.15) is 0 Å². The van der Waals surface area contributed by atoms with Gasteiger partial charge < -0.3 is 15.0 Å². The Morgan fingerprint density at radius 3 is 2.65 bits per heavy atom. The third-order valence-electron chi connectivity index (χ3n) is 6.17.